The van der Waals surface area contributed by atoms with Crippen LogP contribution >= 0.6 is 0 Å². The minimum Gasteiger partial charge on any atom is -0.502 e. The summed E-state index contributed by atoms with van der Waals surface area (Å²) in [6.07, 6.45) is 1.52. The van der Waals surface area contributed by atoms with Gasteiger partial charge in [-0.05, 0) is 12.1 Å². The fourth-order valence-electron chi connectivity index (χ4n) is 2.97. The summed E-state index contributed by atoms with van der Waals surface area (Å²) in [4.78, 5) is 40.7. The Morgan fingerprint density at radius 1 is 1.22 bits per heavy atom. The number of benzene rings is 1. The fraction of sp³-hybridized carbons (Fsp3) is 0.158. The summed E-state index contributed by atoms with van der Waals surface area (Å²) in [7, 11) is 0. The Balaban J connectivity index is 1.89. The molecule has 8 nitrogen and oxygen atoms in total. The van der Waals surface area contributed by atoms with Crippen molar-refractivity contribution in [3.63, 3.8) is 0 Å². The van der Waals surface area contributed by atoms with E-state index in [1.165, 1.54) is 6.20 Å². The van der Waals surface area contributed by atoms with E-state index in [1.807, 2.05) is 24.3 Å². The van der Waals surface area contributed by atoms with E-state index in [4.69, 9.17) is 9.15 Å². The molecule has 1 aromatic carbocycles. The minimum absolute atomic E-state index is 0.0205. The molecule has 2 aromatic heterocycles. The van der Waals surface area contributed by atoms with Gasteiger partial charge in [-0.2, -0.15) is 0 Å². The second-order valence-electron chi connectivity index (χ2n) is 6.05. The van der Waals surface area contributed by atoms with E-state index in [0.717, 1.165) is 22.7 Å². The van der Waals surface area contributed by atoms with Crippen LogP contribution < -0.4 is 9.64 Å². The third-order valence-electron chi connectivity index (χ3n) is 4.18. The van der Waals surface area contributed by atoms with Gasteiger partial charge in [-0.3, -0.25) is 19.4 Å². The average molecular weight is 366 g/mol. The molecular formula is C19H14N2O6. The zero-order chi connectivity index (χ0) is 19.1. The summed E-state index contributed by atoms with van der Waals surface area (Å²) < 4.78 is 10.6. The van der Waals surface area contributed by atoms with Gasteiger partial charge in [0, 0.05) is 36.9 Å². The van der Waals surface area contributed by atoms with E-state index in [9.17, 15) is 19.5 Å². The highest BCUT2D eigenvalue weighted by atomic mass is 16.6. The molecule has 136 valence electrons. The number of hydrogen-bond acceptors (Lipinski definition) is 7. The van der Waals surface area contributed by atoms with Crippen LogP contribution in [0.25, 0.3) is 22.2 Å². The van der Waals surface area contributed by atoms with Crippen molar-refractivity contribution in [3.8, 4) is 22.8 Å². The number of imide groups is 1. The number of nitrogens with zero attached hydrogens (tertiary/aromatic N) is 2. The molecule has 3 heterocycles. The maximum atomic E-state index is 12.1. The van der Waals surface area contributed by atoms with Crippen molar-refractivity contribution >= 4 is 34.6 Å². The number of pyridine rings is 1. The summed E-state index contributed by atoms with van der Waals surface area (Å²) in [5.74, 6) is -2.92. The molecule has 8 heteroatoms. The van der Waals surface area contributed by atoms with Gasteiger partial charge in [0.2, 0.25) is 23.3 Å². The van der Waals surface area contributed by atoms with Crippen molar-refractivity contribution in [1.29, 1.82) is 0 Å². The maximum Gasteiger partial charge on any atom is 0.308 e. The Labute approximate surface area is 153 Å². The quantitative estimate of drug-likeness (QED) is 0.560. The monoisotopic (exact) mass is 366 g/mol. The Morgan fingerprint density at radius 2 is 1.93 bits per heavy atom. The Hall–Kier alpha value is -3.68. The second-order valence-corrected chi connectivity index (χ2v) is 6.05. The number of aromatic hydroxyl groups is 1. The van der Waals surface area contributed by atoms with E-state index in [2.05, 4.69) is 4.98 Å². The second kappa shape index (κ2) is 6.24. The fourth-order valence-corrected chi connectivity index (χ4v) is 2.97. The third-order valence-corrected chi connectivity index (χ3v) is 4.18. The van der Waals surface area contributed by atoms with Crippen LogP contribution in [0.2, 0.25) is 0 Å². The van der Waals surface area contributed by atoms with Gasteiger partial charge in [0.05, 0.1) is 5.52 Å². The minimum atomic E-state index is -0.727. The maximum absolute atomic E-state index is 12.1. The summed E-state index contributed by atoms with van der Waals surface area (Å²) in [5.41, 5.74) is 1.16. The van der Waals surface area contributed by atoms with E-state index in [1.54, 1.807) is 6.07 Å². The van der Waals surface area contributed by atoms with E-state index < -0.39 is 23.5 Å². The number of carbonyl (C=O) groups excluding carboxylic acids is 3. The molecule has 2 amide bonds. The molecule has 0 aliphatic carbocycles. The van der Waals surface area contributed by atoms with Crippen LogP contribution in [0.5, 0.6) is 11.5 Å². The van der Waals surface area contributed by atoms with Crippen molar-refractivity contribution in [2.75, 3.05) is 4.90 Å². The van der Waals surface area contributed by atoms with Gasteiger partial charge >= 0.3 is 5.97 Å². The largest absolute Gasteiger partial charge is 0.502 e. The Kier molecular flexibility index (Phi) is 3.88. The zero-order valence-electron chi connectivity index (χ0n) is 14.3. The first-order valence-electron chi connectivity index (χ1n) is 8.21. The molecule has 1 N–H and O–H groups in total. The lowest BCUT2D eigenvalue weighted by atomic mass is 10.1. The van der Waals surface area contributed by atoms with E-state index in [0.29, 0.717) is 5.56 Å². The summed E-state index contributed by atoms with van der Waals surface area (Å²) in [6.45, 7) is 1.14. The molecule has 0 unspecified atom stereocenters. The van der Waals surface area contributed by atoms with Gasteiger partial charge in [0.15, 0.2) is 5.76 Å². The van der Waals surface area contributed by atoms with Crippen molar-refractivity contribution < 1.29 is 28.6 Å². The van der Waals surface area contributed by atoms with Crippen LogP contribution in [0.4, 0.5) is 5.88 Å². The lowest BCUT2D eigenvalue weighted by molar-refractivity contribution is -0.132. The third kappa shape index (κ3) is 2.80. The number of esters is 1. The molecule has 0 atom stereocenters. The van der Waals surface area contributed by atoms with Crippen LogP contribution in [-0.4, -0.2) is 27.9 Å². The van der Waals surface area contributed by atoms with Gasteiger partial charge in [0.25, 0.3) is 5.88 Å². The molecule has 0 saturated carbocycles. The van der Waals surface area contributed by atoms with Crippen molar-refractivity contribution in [2.24, 2.45) is 0 Å². The number of rotatable bonds is 3. The molecule has 1 aliphatic heterocycles. The number of anilines is 1. The summed E-state index contributed by atoms with van der Waals surface area (Å²) in [6, 6.07) is 9.09. The molecule has 4 rings (SSSR count). The number of carbonyl (C=O) groups is 3. The molecule has 0 bridgehead atoms. The summed E-state index contributed by atoms with van der Waals surface area (Å²) in [5, 5.41) is 11.4. The standard InChI is InChI=1S/C19H14N2O6/c1-10(22)26-18-16(25)17(27-19(18)21-14(23)6-7-15(21)24)12-8-11-4-2-3-5-13(11)20-9-12/h2-5,8-9,25H,6-7H2,1H3. The first kappa shape index (κ1) is 16.8. The predicted molar refractivity (Wildman–Crippen MR) is 94.1 cm³/mol. The number of hydrogen-bond donors (Lipinski definition) is 1. The predicted octanol–water partition coefficient (Wildman–Crippen LogP) is 2.78. The highest BCUT2D eigenvalue weighted by molar-refractivity contribution is 6.20. The van der Waals surface area contributed by atoms with Gasteiger partial charge in [-0.15, -0.1) is 0 Å². The molecule has 1 fully saturated rings. The SMILES string of the molecule is CC(=O)Oc1c(N2C(=O)CCC2=O)oc(-c2cnc3ccccc3c2)c1O. The average Bonchev–Trinajstić information content (AvgIpc) is 3.14. The summed E-state index contributed by atoms with van der Waals surface area (Å²) >= 11 is 0. The molecular weight excluding hydrogens is 352 g/mol. The number of ether oxygens (including phenoxy) is 1. The highest BCUT2D eigenvalue weighted by Gasteiger charge is 2.38. The van der Waals surface area contributed by atoms with Gasteiger partial charge < -0.3 is 14.3 Å². The van der Waals surface area contributed by atoms with Crippen molar-refractivity contribution in [1.82, 2.24) is 4.98 Å². The van der Waals surface area contributed by atoms with Gasteiger partial charge in [-0.1, -0.05) is 18.2 Å². The van der Waals surface area contributed by atoms with E-state index in [-0.39, 0.29) is 30.2 Å². The first-order chi connectivity index (χ1) is 13.0. The molecule has 0 spiro atoms. The Bertz CT molecular complexity index is 1080. The highest BCUT2D eigenvalue weighted by Crippen LogP contribution is 2.49. The molecule has 27 heavy (non-hydrogen) atoms. The number of para-hydroxylation sites is 1. The van der Waals surface area contributed by atoms with Crippen LogP contribution in [0.1, 0.15) is 19.8 Å². The number of amides is 2. The first-order valence-corrected chi connectivity index (χ1v) is 8.21. The smallest absolute Gasteiger partial charge is 0.308 e. The number of furan rings is 1. The van der Waals surface area contributed by atoms with Crippen LogP contribution in [0, 0.1) is 0 Å². The molecule has 1 aliphatic rings. The Morgan fingerprint density at radius 3 is 2.63 bits per heavy atom. The van der Waals surface area contributed by atoms with Crippen LogP contribution in [0.3, 0.4) is 0 Å². The van der Waals surface area contributed by atoms with Gasteiger partial charge in [0.1, 0.15) is 0 Å². The van der Waals surface area contributed by atoms with Gasteiger partial charge in [-0.25, -0.2) is 4.90 Å². The van der Waals surface area contributed by atoms with Crippen LogP contribution in [0.15, 0.2) is 40.9 Å². The molecule has 0 radical (unpaired) electrons. The number of aromatic nitrogens is 1. The number of fused-ring (bicyclic) bond motifs is 1. The van der Waals surface area contributed by atoms with Crippen molar-refractivity contribution in [3.05, 3.63) is 36.5 Å². The topological polar surface area (TPSA) is 110 Å². The molecule has 1 saturated heterocycles. The van der Waals surface area contributed by atoms with E-state index >= 15 is 0 Å². The normalized spacial score (nSPS) is 14.2. The van der Waals surface area contributed by atoms with Crippen LogP contribution in [-0.2, 0) is 14.4 Å². The lowest BCUT2D eigenvalue weighted by Crippen LogP contribution is -2.28. The molecule has 3 aromatic rings. The van der Waals surface area contributed by atoms with Crippen molar-refractivity contribution in [2.45, 2.75) is 19.8 Å². The lowest BCUT2D eigenvalue weighted by Gasteiger charge is -2.11. The zero-order valence-corrected chi connectivity index (χ0v) is 14.3.